The minimum Gasteiger partial charge on any atom is -0.508 e. The summed E-state index contributed by atoms with van der Waals surface area (Å²) in [6, 6.07) is 7.58. The van der Waals surface area contributed by atoms with Crippen LogP contribution in [0, 0.1) is 0 Å². The van der Waals surface area contributed by atoms with E-state index in [1.807, 2.05) is 23.9 Å². The Kier molecular flexibility index (Phi) is 3.36. The van der Waals surface area contributed by atoms with Gasteiger partial charge in [0.05, 0.1) is 18.2 Å². The van der Waals surface area contributed by atoms with Gasteiger partial charge in [-0.05, 0) is 43.4 Å². The third-order valence-electron chi connectivity index (χ3n) is 4.95. The Morgan fingerprint density at radius 1 is 1.39 bits per heavy atom. The summed E-state index contributed by atoms with van der Waals surface area (Å²) in [6.45, 7) is 0.443. The van der Waals surface area contributed by atoms with Crippen molar-refractivity contribution in [2.75, 3.05) is 0 Å². The van der Waals surface area contributed by atoms with E-state index in [0.29, 0.717) is 12.5 Å². The van der Waals surface area contributed by atoms with Gasteiger partial charge in [0.25, 0.3) is 0 Å². The maximum Gasteiger partial charge on any atom is 0.228 e. The first-order valence-corrected chi connectivity index (χ1v) is 8.24. The van der Waals surface area contributed by atoms with Crippen molar-refractivity contribution in [1.82, 2.24) is 15.1 Å². The maximum absolute atomic E-state index is 12.5. The molecule has 0 radical (unpaired) electrons. The molecule has 4 rings (SSSR count). The van der Waals surface area contributed by atoms with Gasteiger partial charge in [-0.2, -0.15) is 5.10 Å². The molecule has 1 aromatic heterocycles. The number of amides is 1. The van der Waals surface area contributed by atoms with Crippen LogP contribution in [0.2, 0.25) is 0 Å². The van der Waals surface area contributed by atoms with Crippen LogP contribution in [0.25, 0.3) is 0 Å². The number of carbonyl (C=O) groups excluding carboxylic acids is 1. The van der Waals surface area contributed by atoms with E-state index in [2.05, 4.69) is 16.5 Å². The third kappa shape index (κ3) is 2.60. The Bertz CT molecular complexity index is 762. The van der Waals surface area contributed by atoms with Crippen LogP contribution in [-0.4, -0.2) is 20.8 Å². The summed E-state index contributed by atoms with van der Waals surface area (Å²) in [6.07, 6.45) is 4.08. The SMILES string of the molecule is Cn1nc(CNC(=O)C2CCc3cccc(O)c32)cc1C1CC1. The second-order valence-corrected chi connectivity index (χ2v) is 6.62. The lowest BCUT2D eigenvalue weighted by Gasteiger charge is -2.12. The Labute approximate surface area is 135 Å². The number of rotatable bonds is 4. The largest absolute Gasteiger partial charge is 0.508 e. The Balaban J connectivity index is 1.44. The summed E-state index contributed by atoms with van der Waals surface area (Å²) in [7, 11) is 1.96. The summed E-state index contributed by atoms with van der Waals surface area (Å²) in [4.78, 5) is 12.5. The van der Waals surface area contributed by atoms with Crippen molar-refractivity contribution in [2.24, 2.45) is 7.05 Å². The molecule has 23 heavy (non-hydrogen) atoms. The highest BCUT2D eigenvalue weighted by molar-refractivity contribution is 5.85. The van der Waals surface area contributed by atoms with Crippen molar-refractivity contribution < 1.29 is 9.90 Å². The fraction of sp³-hybridized carbons (Fsp3) is 0.444. The van der Waals surface area contributed by atoms with Crippen LogP contribution in [-0.2, 0) is 24.8 Å². The van der Waals surface area contributed by atoms with Gasteiger partial charge >= 0.3 is 0 Å². The molecule has 1 saturated carbocycles. The van der Waals surface area contributed by atoms with Crippen molar-refractivity contribution in [1.29, 1.82) is 0 Å². The number of benzene rings is 1. The molecule has 0 bridgehead atoms. The van der Waals surface area contributed by atoms with Gasteiger partial charge in [0.15, 0.2) is 0 Å². The van der Waals surface area contributed by atoms with Crippen LogP contribution in [0.5, 0.6) is 5.75 Å². The van der Waals surface area contributed by atoms with E-state index in [0.717, 1.165) is 29.7 Å². The molecule has 0 saturated heterocycles. The van der Waals surface area contributed by atoms with Gasteiger partial charge < -0.3 is 10.4 Å². The molecule has 1 heterocycles. The Morgan fingerprint density at radius 2 is 2.22 bits per heavy atom. The molecular weight excluding hydrogens is 290 g/mol. The zero-order valence-corrected chi connectivity index (χ0v) is 13.2. The summed E-state index contributed by atoms with van der Waals surface area (Å²) in [5.41, 5.74) is 4.04. The number of fused-ring (bicyclic) bond motifs is 1. The number of hydrogen-bond acceptors (Lipinski definition) is 3. The lowest BCUT2D eigenvalue weighted by molar-refractivity contribution is -0.122. The van der Waals surface area contributed by atoms with Crippen LogP contribution in [0.3, 0.4) is 0 Å². The van der Waals surface area contributed by atoms with E-state index >= 15 is 0 Å². The number of aromatic hydroxyl groups is 1. The minimum atomic E-state index is -0.252. The Hall–Kier alpha value is -2.30. The van der Waals surface area contributed by atoms with Crippen LogP contribution >= 0.6 is 0 Å². The fourth-order valence-electron chi connectivity index (χ4n) is 3.62. The number of aromatic nitrogens is 2. The van der Waals surface area contributed by atoms with E-state index < -0.39 is 0 Å². The molecule has 0 spiro atoms. The number of phenols is 1. The first kappa shape index (κ1) is 14.3. The molecule has 5 heteroatoms. The van der Waals surface area contributed by atoms with Gasteiger partial charge in [-0.25, -0.2) is 0 Å². The van der Waals surface area contributed by atoms with Gasteiger partial charge in [0.1, 0.15) is 5.75 Å². The van der Waals surface area contributed by atoms with Crippen LogP contribution in [0.4, 0.5) is 0 Å². The van der Waals surface area contributed by atoms with Crippen LogP contribution in [0.1, 0.15) is 53.6 Å². The minimum absolute atomic E-state index is 0.0242. The number of nitrogens with one attached hydrogen (secondary N) is 1. The first-order valence-electron chi connectivity index (χ1n) is 8.24. The molecule has 2 aromatic rings. The summed E-state index contributed by atoms with van der Waals surface area (Å²) in [5, 5.41) is 17.5. The van der Waals surface area contributed by atoms with Crippen molar-refractivity contribution in [3.05, 3.63) is 46.8 Å². The van der Waals surface area contributed by atoms with Gasteiger partial charge in [-0.15, -0.1) is 0 Å². The van der Waals surface area contributed by atoms with E-state index in [1.54, 1.807) is 6.07 Å². The zero-order valence-electron chi connectivity index (χ0n) is 13.2. The number of phenolic OH excluding ortho intramolecular Hbond substituents is 1. The number of hydrogen-bond donors (Lipinski definition) is 2. The predicted molar refractivity (Wildman–Crippen MR) is 86.2 cm³/mol. The predicted octanol–water partition coefficient (Wildman–Crippen LogP) is 2.35. The third-order valence-corrected chi connectivity index (χ3v) is 4.95. The topological polar surface area (TPSA) is 67.2 Å². The second kappa shape index (κ2) is 5.41. The van der Waals surface area contributed by atoms with Crippen molar-refractivity contribution >= 4 is 5.91 Å². The molecule has 1 fully saturated rings. The second-order valence-electron chi connectivity index (χ2n) is 6.62. The molecule has 5 nitrogen and oxygen atoms in total. The molecule has 2 aliphatic carbocycles. The standard InChI is InChI=1S/C18H21N3O2/c1-21-15(11-5-6-11)9-13(20-21)10-19-18(23)14-8-7-12-3-2-4-16(22)17(12)14/h2-4,9,11,14,22H,5-8,10H2,1H3,(H,19,23). The van der Waals surface area contributed by atoms with Crippen LogP contribution in [0.15, 0.2) is 24.3 Å². The van der Waals surface area contributed by atoms with Crippen molar-refractivity contribution in [3.63, 3.8) is 0 Å². The fourth-order valence-corrected chi connectivity index (χ4v) is 3.62. The van der Waals surface area contributed by atoms with Crippen LogP contribution < -0.4 is 5.32 Å². The molecular formula is C18H21N3O2. The highest BCUT2D eigenvalue weighted by Gasteiger charge is 2.31. The highest BCUT2D eigenvalue weighted by atomic mass is 16.3. The average Bonchev–Trinajstić information content (AvgIpc) is 3.16. The normalized spacial score (nSPS) is 19.6. The van der Waals surface area contributed by atoms with E-state index in [9.17, 15) is 9.90 Å². The molecule has 1 unspecified atom stereocenters. The molecule has 120 valence electrons. The van der Waals surface area contributed by atoms with Crippen molar-refractivity contribution in [3.8, 4) is 5.75 Å². The summed E-state index contributed by atoms with van der Waals surface area (Å²) >= 11 is 0. The number of aryl methyl sites for hydroxylation is 2. The van der Waals surface area contributed by atoms with E-state index in [4.69, 9.17) is 0 Å². The number of carbonyl (C=O) groups is 1. The molecule has 2 N–H and O–H groups in total. The van der Waals surface area contributed by atoms with Gasteiger partial charge in [-0.1, -0.05) is 12.1 Å². The van der Waals surface area contributed by atoms with Gasteiger partial charge in [-0.3, -0.25) is 9.48 Å². The quantitative estimate of drug-likeness (QED) is 0.911. The summed E-state index contributed by atoms with van der Waals surface area (Å²) < 4.78 is 1.93. The van der Waals surface area contributed by atoms with Gasteiger partial charge in [0, 0.05) is 24.2 Å². The summed E-state index contributed by atoms with van der Waals surface area (Å²) in [5.74, 6) is 0.603. The molecule has 2 aliphatic rings. The molecule has 1 amide bonds. The monoisotopic (exact) mass is 311 g/mol. The molecule has 0 aliphatic heterocycles. The molecule has 1 atom stereocenters. The highest BCUT2D eigenvalue weighted by Crippen LogP contribution is 2.40. The maximum atomic E-state index is 12.5. The lowest BCUT2D eigenvalue weighted by Crippen LogP contribution is -2.28. The van der Waals surface area contributed by atoms with E-state index in [1.165, 1.54) is 18.5 Å². The molecule has 1 aromatic carbocycles. The van der Waals surface area contributed by atoms with Gasteiger partial charge in [0.2, 0.25) is 5.91 Å². The first-order chi connectivity index (χ1) is 11.1. The Morgan fingerprint density at radius 3 is 3.00 bits per heavy atom. The van der Waals surface area contributed by atoms with Crippen molar-refractivity contribution in [2.45, 2.75) is 44.1 Å². The lowest BCUT2D eigenvalue weighted by atomic mass is 9.99. The smallest absolute Gasteiger partial charge is 0.228 e. The van der Waals surface area contributed by atoms with E-state index in [-0.39, 0.29) is 17.6 Å². The number of nitrogens with zero attached hydrogens (tertiary/aromatic N) is 2. The average molecular weight is 311 g/mol. The zero-order chi connectivity index (χ0) is 16.0.